The van der Waals surface area contributed by atoms with Crippen molar-refractivity contribution in [3.05, 3.63) is 199 Å². The molecule has 62 heavy (non-hydrogen) atoms. The molecule has 0 atom stereocenters. The molecule has 0 aliphatic heterocycles. The number of para-hydroxylation sites is 4. The van der Waals surface area contributed by atoms with E-state index >= 15 is 0 Å². The van der Waals surface area contributed by atoms with Gasteiger partial charge in [0.05, 0.1) is 50.6 Å². The fourth-order valence-electron chi connectivity index (χ4n) is 8.61. The first kappa shape index (κ1) is 36.7. The van der Waals surface area contributed by atoms with E-state index in [1.165, 1.54) is 6.07 Å². The van der Waals surface area contributed by atoms with Crippen LogP contribution in [0.25, 0.3) is 100 Å². The summed E-state index contributed by atoms with van der Waals surface area (Å²) in [6, 6.07) is 60.9. The molecule has 0 fully saturated rings. The Morgan fingerprint density at radius 3 is 1.40 bits per heavy atom. The number of nitriles is 1. The number of alkyl halides is 3. The van der Waals surface area contributed by atoms with Crippen molar-refractivity contribution in [2.24, 2.45) is 0 Å². The summed E-state index contributed by atoms with van der Waals surface area (Å²) in [5, 5.41) is 13.6. The molecule has 0 unspecified atom stereocenters. The number of hydrogen-bond donors (Lipinski definition) is 0. The van der Waals surface area contributed by atoms with Crippen molar-refractivity contribution in [3.63, 3.8) is 0 Å². The third kappa shape index (κ3) is 6.08. The van der Waals surface area contributed by atoms with Gasteiger partial charge in [0, 0.05) is 38.2 Å². The van der Waals surface area contributed by atoms with Gasteiger partial charge in [0.15, 0.2) is 17.5 Å². The lowest BCUT2D eigenvalue weighted by atomic mass is 10.00. The largest absolute Gasteiger partial charge is 0.416 e. The highest BCUT2D eigenvalue weighted by atomic mass is 19.4. The van der Waals surface area contributed by atoms with Crippen LogP contribution in [0.5, 0.6) is 0 Å². The number of aromatic nitrogens is 5. The molecule has 0 saturated carbocycles. The molecule has 3 aromatic heterocycles. The second-order valence-electron chi connectivity index (χ2n) is 15.1. The molecule has 9 heteroatoms. The summed E-state index contributed by atoms with van der Waals surface area (Å²) in [7, 11) is 0. The first-order valence-corrected chi connectivity index (χ1v) is 20.0. The van der Waals surface area contributed by atoms with Crippen molar-refractivity contribution in [2.45, 2.75) is 6.18 Å². The average Bonchev–Trinajstić information content (AvgIpc) is 3.84. The van der Waals surface area contributed by atoms with Gasteiger partial charge >= 0.3 is 6.18 Å². The lowest BCUT2D eigenvalue weighted by Gasteiger charge is -2.18. The van der Waals surface area contributed by atoms with Crippen LogP contribution in [0.3, 0.4) is 0 Å². The van der Waals surface area contributed by atoms with Gasteiger partial charge in [0.25, 0.3) is 0 Å². The average molecular weight is 809 g/mol. The van der Waals surface area contributed by atoms with Crippen LogP contribution < -0.4 is 0 Å². The van der Waals surface area contributed by atoms with Crippen molar-refractivity contribution in [1.29, 1.82) is 5.26 Å². The number of halogens is 3. The third-order valence-electron chi connectivity index (χ3n) is 11.5. The van der Waals surface area contributed by atoms with Gasteiger partial charge in [-0.25, -0.2) is 15.0 Å². The van der Waals surface area contributed by atoms with Gasteiger partial charge < -0.3 is 9.13 Å². The Hall–Kier alpha value is -8.35. The maximum Gasteiger partial charge on any atom is 0.416 e. The van der Waals surface area contributed by atoms with E-state index in [-0.39, 0.29) is 17.2 Å². The van der Waals surface area contributed by atoms with E-state index in [0.29, 0.717) is 28.2 Å². The molecule has 0 aliphatic carbocycles. The van der Waals surface area contributed by atoms with Gasteiger partial charge in [-0.05, 0) is 77.9 Å². The Balaban J connectivity index is 1.23. The highest BCUT2D eigenvalue weighted by molar-refractivity contribution is 6.11. The summed E-state index contributed by atoms with van der Waals surface area (Å²) in [5.41, 5.74) is 7.85. The molecular formula is C53H31F3N6. The Bertz CT molecular complexity index is 3470. The molecule has 0 N–H and O–H groups in total. The highest BCUT2D eigenvalue weighted by Gasteiger charge is 2.32. The summed E-state index contributed by atoms with van der Waals surface area (Å²) >= 11 is 0. The van der Waals surface area contributed by atoms with E-state index in [0.717, 1.165) is 72.6 Å². The lowest BCUT2D eigenvalue weighted by Crippen LogP contribution is -2.09. The quantitative estimate of drug-likeness (QED) is 0.168. The third-order valence-corrected chi connectivity index (χ3v) is 11.5. The second-order valence-corrected chi connectivity index (χ2v) is 15.1. The first-order chi connectivity index (χ1) is 30.3. The van der Waals surface area contributed by atoms with Crippen LogP contribution >= 0.6 is 0 Å². The van der Waals surface area contributed by atoms with Crippen LogP contribution in [0.1, 0.15) is 11.1 Å². The highest BCUT2D eigenvalue weighted by Crippen LogP contribution is 2.42. The molecule has 0 bridgehead atoms. The number of hydrogen-bond acceptors (Lipinski definition) is 4. The van der Waals surface area contributed by atoms with Gasteiger partial charge in [-0.3, -0.25) is 0 Å². The van der Waals surface area contributed by atoms with Crippen molar-refractivity contribution >= 4 is 43.6 Å². The van der Waals surface area contributed by atoms with Crippen LogP contribution in [-0.4, -0.2) is 24.1 Å². The van der Waals surface area contributed by atoms with Crippen molar-refractivity contribution in [1.82, 2.24) is 24.1 Å². The van der Waals surface area contributed by atoms with Crippen molar-refractivity contribution < 1.29 is 13.2 Å². The predicted octanol–water partition coefficient (Wildman–Crippen LogP) is 13.6. The van der Waals surface area contributed by atoms with Crippen LogP contribution in [0.4, 0.5) is 13.2 Å². The molecule has 0 spiro atoms. The van der Waals surface area contributed by atoms with Crippen LogP contribution in [0, 0.1) is 11.3 Å². The van der Waals surface area contributed by atoms with E-state index in [1.807, 2.05) is 132 Å². The summed E-state index contributed by atoms with van der Waals surface area (Å²) < 4.78 is 48.5. The molecule has 294 valence electrons. The standard InChI is InChI=1S/C53H31F3N6/c54-53(55,56)37-27-29-48(61-44-18-8-4-14-38(44)39-15-5-9-19-45(39)61)43(31-37)52-59-50(35-12-2-1-3-13-35)58-51(60-52)42-28-26-36(34-24-22-33(32-57)23-25-34)30-49(42)62-46-20-10-6-16-40(46)41-17-7-11-21-47(41)62/h1-31H. The molecule has 3 heterocycles. The van der Waals surface area contributed by atoms with E-state index in [1.54, 1.807) is 12.1 Å². The van der Waals surface area contributed by atoms with Gasteiger partial charge in [-0.15, -0.1) is 0 Å². The van der Waals surface area contributed by atoms with E-state index in [2.05, 4.69) is 41.0 Å². The Labute approximate surface area is 353 Å². The first-order valence-electron chi connectivity index (χ1n) is 20.0. The van der Waals surface area contributed by atoms with Crippen LogP contribution in [-0.2, 0) is 6.18 Å². The molecule has 0 saturated heterocycles. The molecule has 11 aromatic rings. The van der Waals surface area contributed by atoms with Crippen LogP contribution in [0.2, 0.25) is 0 Å². The predicted molar refractivity (Wildman–Crippen MR) is 240 cm³/mol. The normalized spacial score (nSPS) is 11.8. The van der Waals surface area contributed by atoms with Gasteiger partial charge in [0.2, 0.25) is 0 Å². The van der Waals surface area contributed by atoms with Crippen molar-refractivity contribution in [3.8, 4) is 62.7 Å². The minimum absolute atomic E-state index is 0.0844. The van der Waals surface area contributed by atoms with E-state index < -0.39 is 11.7 Å². The zero-order valence-corrected chi connectivity index (χ0v) is 32.7. The molecular weight excluding hydrogens is 778 g/mol. The molecule has 8 aromatic carbocycles. The van der Waals surface area contributed by atoms with Crippen molar-refractivity contribution in [2.75, 3.05) is 0 Å². The number of rotatable bonds is 6. The number of nitrogens with zero attached hydrogens (tertiary/aromatic N) is 6. The molecule has 0 radical (unpaired) electrons. The maximum atomic E-state index is 14.8. The fraction of sp³-hybridized carbons (Fsp3) is 0.0189. The minimum Gasteiger partial charge on any atom is -0.309 e. The fourth-order valence-corrected chi connectivity index (χ4v) is 8.61. The summed E-state index contributed by atoms with van der Waals surface area (Å²) in [6.45, 7) is 0. The van der Waals surface area contributed by atoms with Gasteiger partial charge in [-0.2, -0.15) is 18.4 Å². The molecule has 6 nitrogen and oxygen atoms in total. The summed E-state index contributed by atoms with van der Waals surface area (Å²) in [5.74, 6) is 0.671. The van der Waals surface area contributed by atoms with E-state index in [9.17, 15) is 18.4 Å². The Kier molecular flexibility index (Phi) is 8.55. The Morgan fingerprint density at radius 2 is 0.871 bits per heavy atom. The summed E-state index contributed by atoms with van der Waals surface area (Å²) in [6.07, 6.45) is -4.64. The zero-order chi connectivity index (χ0) is 42.0. The lowest BCUT2D eigenvalue weighted by molar-refractivity contribution is -0.137. The monoisotopic (exact) mass is 808 g/mol. The Morgan fingerprint density at radius 1 is 0.403 bits per heavy atom. The SMILES string of the molecule is N#Cc1ccc(-c2ccc(-c3nc(-c4ccccc4)nc(-c4cc(C(F)(F)F)ccc4-n4c5ccccc5c5ccccc54)n3)c(-n3c4ccccc4c4ccccc43)c2)cc1. The minimum atomic E-state index is -4.64. The molecule has 11 rings (SSSR count). The molecule has 0 amide bonds. The molecule has 0 aliphatic rings. The zero-order valence-electron chi connectivity index (χ0n) is 32.7. The number of fused-ring (bicyclic) bond motifs is 6. The number of benzene rings is 8. The summed E-state index contributed by atoms with van der Waals surface area (Å²) in [4.78, 5) is 15.3. The smallest absolute Gasteiger partial charge is 0.309 e. The van der Waals surface area contributed by atoms with Gasteiger partial charge in [-0.1, -0.05) is 121 Å². The second kappa shape index (κ2) is 14.4. The van der Waals surface area contributed by atoms with Gasteiger partial charge in [0.1, 0.15) is 0 Å². The van der Waals surface area contributed by atoms with Crippen LogP contribution in [0.15, 0.2) is 188 Å². The topological polar surface area (TPSA) is 72.3 Å². The maximum absolute atomic E-state index is 14.8. The van der Waals surface area contributed by atoms with E-state index in [4.69, 9.17) is 15.0 Å².